The zero-order chi connectivity index (χ0) is 37.9. The Morgan fingerprint density at radius 2 is 1.75 bits per heavy atom. The number of aromatic nitrogens is 3. The Morgan fingerprint density at radius 1 is 1.00 bits per heavy atom. The lowest BCUT2D eigenvalue weighted by molar-refractivity contribution is -0.141. The van der Waals surface area contributed by atoms with Gasteiger partial charge in [-0.2, -0.15) is 13.2 Å². The second kappa shape index (κ2) is 13.2. The fraction of sp³-hybridized carbons (Fsp3) is 0.222. The van der Waals surface area contributed by atoms with E-state index < -0.39 is 46.9 Å². The lowest BCUT2D eigenvalue weighted by Crippen LogP contribution is -2.30. The highest BCUT2D eigenvalue weighted by Gasteiger charge is 2.43. The zero-order valence-corrected chi connectivity index (χ0v) is 29.9. The van der Waals surface area contributed by atoms with Crippen molar-refractivity contribution in [2.45, 2.75) is 12.1 Å². The summed E-state index contributed by atoms with van der Waals surface area (Å²) in [5.74, 6) is -2.26. The number of rotatable bonds is 8. The minimum Gasteiger partial charge on any atom is -0.506 e. The number of halogens is 4. The van der Waals surface area contributed by atoms with E-state index in [0.29, 0.717) is 44.6 Å². The van der Waals surface area contributed by atoms with E-state index in [2.05, 4.69) is 36.2 Å². The van der Waals surface area contributed by atoms with Crippen molar-refractivity contribution in [1.29, 1.82) is 0 Å². The molecule has 7 rings (SSSR count). The van der Waals surface area contributed by atoms with Crippen LogP contribution in [0.5, 0.6) is 23.0 Å². The number of carbonyl (C=O) groups is 3. The average molecular weight is 797 g/mol. The van der Waals surface area contributed by atoms with Gasteiger partial charge in [-0.05, 0) is 42.0 Å². The van der Waals surface area contributed by atoms with Gasteiger partial charge in [0.25, 0.3) is 11.8 Å². The summed E-state index contributed by atoms with van der Waals surface area (Å²) in [5.41, 5.74) is -0.826. The second-order valence-electron chi connectivity index (χ2n) is 12.1. The third-order valence-electron chi connectivity index (χ3n) is 9.15. The summed E-state index contributed by atoms with van der Waals surface area (Å²) in [4.78, 5) is 51.0. The molecular formula is C36H29BrF3N5O8. The number of anilines is 2. The maximum absolute atomic E-state index is 14.1. The topological polar surface area (TPSA) is 168 Å². The highest BCUT2D eigenvalue weighted by molar-refractivity contribution is 9.09. The van der Waals surface area contributed by atoms with Gasteiger partial charge in [-0.25, -0.2) is 4.79 Å². The van der Waals surface area contributed by atoms with Crippen LogP contribution in [0.1, 0.15) is 48.5 Å². The molecule has 0 radical (unpaired) electrons. The number of nitrogens with one attached hydrogen (secondary N) is 3. The molecule has 53 heavy (non-hydrogen) atoms. The number of esters is 1. The number of amides is 2. The molecule has 1 aliphatic rings. The molecule has 1 atom stereocenters. The van der Waals surface area contributed by atoms with Gasteiger partial charge in [-0.15, -0.1) is 0 Å². The number of H-pyrrole nitrogens is 2. The zero-order valence-electron chi connectivity index (χ0n) is 28.3. The molecule has 17 heteroatoms. The first-order chi connectivity index (χ1) is 25.3. The molecule has 3 aromatic heterocycles. The first kappa shape index (κ1) is 35.4. The normalized spacial score (nSPS) is 14.1. The third kappa shape index (κ3) is 5.80. The van der Waals surface area contributed by atoms with Crippen molar-refractivity contribution in [3.05, 3.63) is 76.9 Å². The van der Waals surface area contributed by atoms with Crippen molar-refractivity contribution < 1.29 is 51.6 Å². The van der Waals surface area contributed by atoms with Gasteiger partial charge in [0.05, 0.1) is 45.2 Å². The Bertz CT molecular complexity index is 2500. The van der Waals surface area contributed by atoms with Gasteiger partial charge in [-0.1, -0.05) is 15.9 Å². The molecule has 1 aliphatic heterocycles. The number of aromatic amines is 2. The Morgan fingerprint density at radius 3 is 2.42 bits per heavy atom. The molecule has 0 saturated heterocycles. The van der Waals surface area contributed by atoms with Crippen LogP contribution < -0.4 is 24.4 Å². The number of phenolic OH excluding ortho intramolecular Hbond substituents is 1. The molecule has 3 aromatic carbocycles. The van der Waals surface area contributed by atoms with Gasteiger partial charge in [0, 0.05) is 62.8 Å². The highest BCUT2D eigenvalue weighted by Crippen LogP contribution is 2.49. The lowest BCUT2D eigenvalue weighted by Gasteiger charge is -2.17. The number of phenols is 1. The van der Waals surface area contributed by atoms with Crippen molar-refractivity contribution in [3.8, 4) is 23.0 Å². The minimum atomic E-state index is -4.97. The first-order valence-corrected chi connectivity index (χ1v) is 16.9. The Labute approximate surface area is 306 Å². The Kier molecular flexibility index (Phi) is 8.84. The SMILES string of the molecule is COC(=O)c1c(C(F)(F)F)[nH]c2c(O)cc3c(c12)C(CBr)CN3C(=O)c1cc2cc(NC(=O)c3cc4c(OC)c(OC)c(OC)cc4cn3)ccc2[nH]1. The number of pyridine rings is 1. The van der Waals surface area contributed by atoms with E-state index in [1.165, 1.54) is 38.5 Å². The van der Waals surface area contributed by atoms with E-state index in [-0.39, 0.29) is 45.4 Å². The van der Waals surface area contributed by atoms with Crippen LogP contribution in [0.4, 0.5) is 24.5 Å². The van der Waals surface area contributed by atoms with Gasteiger partial charge in [0.1, 0.15) is 22.8 Å². The Hall–Kier alpha value is -5.97. The minimum absolute atomic E-state index is 0.0317. The van der Waals surface area contributed by atoms with Gasteiger partial charge in [0.2, 0.25) is 5.75 Å². The number of benzene rings is 3. The van der Waals surface area contributed by atoms with Crippen LogP contribution in [-0.4, -0.2) is 78.2 Å². The molecular weight excluding hydrogens is 767 g/mol. The first-order valence-electron chi connectivity index (χ1n) is 15.8. The van der Waals surface area contributed by atoms with Crippen molar-refractivity contribution in [2.75, 3.05) is 50.5 Å². The molecule has 274 valence electrons. The van der Waals surface area contributed by atoms with Crippen LogP contribution >= 0.6 is 15.9 Å². The molecule has 1 unspecified atom stereocenters. The number of hydrogen-bond donors (Lipinski definition) is 4. The quantitative estimate of drug-likeness (QED) is 0.0926. The maximum Gasteiger partial charge on any atom is 0.432 e. The van der Waals surface area contributed by atoms with E-state index in [4.69, 9.17) is 18.9 Å². The van der Waals surface area contributed by atoms with Crippen LogP contribution in [0.15, 0.2) is 48.7 Å². The molecule has 4 N–H and O–H groups in total. The standard InChI is InChI=1S/C36H29BrF3N5O8/c1-50-25-9-16-13-41-21(10-19(16)30(51-2)31(25)52-3)33(47)42-18-5-6-20-15(7-18)8-22(43-20)34(48)45-14-17(12-37)26-23(45)11-24(46)29-27(26)28(35(49)53-4)32(44-29)36(38,39)40/h5-11,13,17,43-44,46H,12,14H2,1-4H3,(H,42,47). The van der Waals surface area contributed by atoms with Gasteiger partial charge in [0.15, 0.2) is 11.5 Å². The number of aromatic hydroxyl groups is 1. The fourth-order valence-electron chi connectivity index (χ4n) is 6.81. The molecule has 4 heterocycles. The molecule has 13 nitrogen and oxygen atoms in total. The molecule has 0 fully saturated rings. The van der Waals surface area contributed by atoms with Crippen molar-refractivity contribution in [3.63, 3.8) is 0 Å². The van der Waals surface area contributed by atoms with Crippen LogP contribution in [0.3, 0.4) is 0 Å². The largest absolute Gasteiger partial charge is 0.506 e. The molecule has 6 aromatic rings. The fourth-order valence-corrected chi connectivity index (χ4v) is 7.34. The number of carbonyl (C=O) groups excluding carboxylic acids is 3. The van der Waals surface area contributed by atoms with Crippen LogP contribution in [0, 0.1) is 0 Å². The average Bonchev–Trinajstić information content (AvgIpc) is 3.86. The van der Waals surface area contributed by atoms with Crippen molar-refractivity contribution in [2.24, 2.45) is 0 Å². The summed E-state index contributed by atoms with van der Waals surface area (Å²) in [5, 5.41) is 15.6. The number of alkyl halides is 4. The van der Waals surface area contributed by atoms with Gasteiger partial charge < -0.3 is 44.2 Å². The lowest BCUT2D eigenvalue weighted by atomic mass is 9.95. The number of ether oxygens (including phenoxy) is 4. The number of nitrogens with zero attached hydrogens (tertiary/aromatic N) is 2. The third-order valence-corrected chi connectivity index (χ3v) is 9.93. The second-order valence-corrected chi connectivity index (χ2v) is 12.7. The monoisotopic (exact) mass is 795 g/mol. The summed E-state index contributed by atoms with van der Waals surface area (Å²) >= 11 is 3.40. The molecule has 0 bridgehead atoms. The van der Waals surface area contributed by atoms with Crippen molar-refractivity contribution >= 4 is 77.7 Å². The maximum atomic E-state index is 14.1. The predicted octanol–water partition coefficient (Wildman–Crippen LogP) is 7.13. The van der Waals surface area contributed by atoms with Crippen LogP contribution in [0.25, 0.3) is 32.6 Å². The summed E-state index contributed by atoms with van der Waals surface area (Å²) in [6.45, 7) is 0.0317. The molecule has 0 aliphatic carbocycles. The van der Waals surface area contributed by atoms with E-state index in [1.54, 1.807) is 36.4 Å². The highest BCUT2D eigenvalue weighted by atomic mass is 79.9. The van der Waals surface area contributed by atoms with Crippen LogP contribution in [0.2, 0.25) is 0 Å². The smallest absolute Gasteiger partial charge is 0.432 e. The van der Waals surface area contributed by atoms with E-state index in [9.17, 15) is 32.7 Å². The number of methoxy groups -OCH3 is 4. The Balaban J connectivity index is 1.21. The van der Waals surface area contributed by atoms with E-state index in [0.717, 1.165) is 7.11 Å². The van der Waals surface area contributed by atoms with Gasteiger partial charge >= 0.3 is 12.1 Å². The summed E-state index contributed by atoms with van der Waals surface area (Å²) in [6, 6.07) is 11.0. The molecule has 2 amide bonds. The molecule has 0 saturated carbocycles. The summed E-state index contributed by atoms with van der Waals surface area (Å²) < 4.78 is 63.3. The van der Waals surface area contributed by atoms with Gasteiger partial charge in [-0.3, -0.25) is 14.6 Å². The van der Waals surface area contributed by atoms with E-state index in [1.807, 2.05) is 0 Å². The van der Waals surface area contributed by atoms with Crippen LogP contribution in [-0.2, 0) is 10.9 Å². The van der Waals surface area contributed by atoms with E-state index >= 15 is 0 Å². The van der Waals surface area contributed by atoms with Crippen molar-refractivity contribution in [1.82, 2.24) is 15.0 Å². The predicted molar refractivity (Wildman–Crippen MR) is 192 cm³/mol. The number of fused-ring (bicyclic) bond motifs is 5. The number of hydrogen-bond acceptors (Lipinski definition) is 9. The summed E-state index contributed by atoms with van der Waals surface area (Å²) in [7, 11) is 5.41. The summed E-state index contributed by atoms with van der Waals surface area (Å²) in [6.07, 6.45) is -3.45. The molecule has 0 spiro atoms.